The molecule has 0 aliphatic carbocycles. The zero-order chi connectivity index (χ0) is 17.7. The Morgan fingerprint density at radius 1 is 1.21 bits per heavy atom. The summed E-state index contributed by atoms with van der Waals surface area (Å²) >= 11 is 3.54. The molecule has 128 valence electrons. The second-order valence-electron chi connectivity index (χ2n) is 5.86. The molecule has 1 N–H and O–H groups in total. The summed E-state index contributed by atoms with van der Waals surface area (Å²) in [6, 6.07) is 11.2. The van der Waals surface area contributed by atoms with E-state index in [2.05, 4.69) is 41.2 Å². The van der Waals surface area contributed by atoms with Crippen LogP contribution in [0.15, 0.2) is 40.9 Å². The maximum atomic E-state index is 12.1. The zero-order valence-electron chi connectivity index (χ0n) is 14.4. The van der Waals surface area contributed by atoms with Crippen LogP contribution in [-0.4, -0.2) is 19.6 Å². The molecule has 0 radical (unpaired) electrons. The number of amides is 1. The Hall–Kier alpha value is -2.01. The fourth-order valence-electron chi connectivity index (χ4n) is 2.26. The summed E-state index contributed by atoms with van der Waals surface area (Å²) in [6.45, 7) is 6.16. The predicted molar refractivity (Wildman–Crippen MR) is 100 cm³/mol. The lowest BCUT2D eigenvalue weighted by Gasteiger charge is -2.16. The van der Waals surface area contributed by atoms with Gasteiger partial charge in [0.15, 0.2) is 6.61 Å². The molecule has 0 fully saturated rings. The highest BCUT2D eigenvalue weighted by atomic mass is 79.9. The van der Waals surface area contributed by atoms with Gasteiger partial charge in [0.05, 0.1) is 7.11 Å². The fourth-order valence-corrected chi connectivity index (χ4v) is 2.62. The van der Waals surface area contributed by atoms with Crippen molar-refractivity contribution in [2.24, 2.45) is 0 Å². The molecule has 2 aromatic carbocycles. The molecule has 0 saturated carbocycles. The number of anilines is 1. The average Bonchev–Trinajstić information content (AvgIpc) is 2.56. The van der Waals surface area contributed by atoms with E-state index in [1.54, 1.807) is 31.4 Å². The number of benzene rings is 2. The van der Waals surface area contributed by atoms with Gasteiger partial charge in [-0.15, -0.1) is 0 Å². The summed E-state index contributed by atoms with van der Waals surface area (Å²) in [5, 5.41) is 2.81. The molecule has 2 rings (SSSR count). The molecular formula is C19H22BrNO3. The third-order valence-electron chi connectivity index (χ3n) is 3.65. The number of ether oxygens (including phenoxy) is 2. The third-order valence-corrected chi connectivity index (χ3v) is 4.50. The Balaban J connectivity index is 2.01. The smallest absolute Gasteiger partial charge is 0.262 e. The number of halogens is 1. The summed E-state index contributed by atoms with van der Waals surface area (Å²) < 4.78 is 11.9. The first-order valence-electron chi connectivity index (χ1n) is 7.77. The van der Waals surface area contributed by atoms with Gasteiger partial charge in [0.1, 0.15) is 11.5 Å². The van der Waals surface area contributed by atoms with Crippen LogP contribution in [0.5, 0.6) is 11.5 Å². The standard InChI is InChI=1S/C19H22BrNO3/c1-12(2)16-10-17(20)13(3)9-18(16)24-11-19(22)21-14-5-7-15(23-4)8-6-14/h5-10,12H,11H2,1-4H3,(H,21,22). The number of rotatable bonds is 6. The van der Waals surface area contributed by atoms with Crippen molar-refractivity contribution in [2.45, 2.75) is 26.7 Å². The van der Waals surface area contributed by atoms with E-state index in [0.717, 1.165) is 27.1 Å². The Morgan fingerprint density at radius 2 is 1.88 bits per heavy atom. The lowest BCUT2D eigenvalue weighted by atomic mass is 10.0. The first-order chi connectivity index (χ1) is 11.4. The monoisotopic (exact) mass is 391 g/mol. The molecule has 1 amide bonds. The van der Waals surface area contributed by atoms with Crippen molar-refractivity contribution in [2.75, 3.05) is 19.0 Å². The normalized spacial score (nSPS) is 10.6. The Morgan fingerprint density at radius 3 is 2.46 bits per heavy atom. The first-order valence-corrected chi connectivity index (χ1v) is 8.56. The van der Waals surface area contributed by atoms with E-state index in [4.69, 9.17) is 9.47 Å². The highest BCUT2D eigenvalue weighted by Crippen LogP contribution is 2.32. The van der Waals surface area contributed by atoms with E-state index >= 15 is 0 Å². The van der Waals surface area contributed by atoms with Gasteiger partial charge in [-0.25, -0.2) is 0 Å². The van der Waals surface area contributed by atoms with Crippen molar-refractivity contribution in [3.63, 3.8) is 0 Å². The van der Waals surface area contributed by atoms with Gasteiger partial charge in [-0.2, -0.15) is 0 Å². The van der Waals surface area contributed by atoms with Gasteiger partial charge >= 0.3 is 0 Å². The van der Waals surface area contributed by atoms with Gasteiger partial charge in [-0.1, -0.05) is 29.8 Å². The number of nitrogens with one attached hydrogen (secondary N) is 1. The van der Waals surface area contributed by atoms with E-state index in [1.165, 1.54) is 0 Å². The fraction of sp³-hybridized carbons (Fsp3) is 0.316. The molecule has 0 saturated heterocycles. The molecule has 0 aliphatic heterocycles. The molecule has 0 heterocycles. The average molecular weight is 392 g/mol. The van der Waals surface area contributed by atoms with Crippen LogP contribution in [0.4, 0.5) is 5.69 Å². The Labute approximate surface area is 151 Å². The number of carbonyl (C=O) groups excluding carboxylic acids is 1. The number of carbonyl (C=O) groups is 1. The first kappa shape index (κ1) is 18.3. The van der Waals surface area contributed by atoms with Gasteiger partial charge in [-0.3, -0.25) is 4.79 Å². The van der Waals surface area contributed by atoms with E-state index in [9.17, 15) is 4.79 Å². The SMILES string of the molecule is COc1ccc(NC(=O)COc2cc(C)c(Br)cc2C(C)C)cc1. The van der Waals surface area contributed by atoms with Crippen molar-refractivity contribution in [3.8, 4) is 11.5 Å². The van der Waals surface area contributed by atoms with E-state index < -0.39 is 0 Å². The minimum absolute atomic E-state index is 0.0349. The molecule has 0 spiro atoms. The Bertz CT molecular complexity index is 711. The van der Waals surface area contributed by atoms with Gasteiger partial charge in [0, 0.05) is 10.2 Å². The molecule has 4 nitrogen and oxygen atoms in total. The summed E-state index contributed by atoms with van der Waals surface area (Å²) in [5.41, 5.74) is 2.86. The van der Waals surface area contributed by atoms with Crippen LogP contribution < -0.4 is 14.8 Å². The summed E-state index contributed by atoms with van der Waals surface area (Å²) in [4.78, 5) is 12.1. The molecule has 5 heteroatoms. The van der Waals surface area contributed by atoms with E-state index in [1.807, 2.05) is 13.0 Å². The maximum absolute atomic E-state index is 12.1. The van der Waals surface area contributed by atoms with Crippen molar-refractivity contribution < 1.29 is 14.3 Å². The van der Waals surface area contributed by atoms with Crippen LogP contribution in [0.1, 0.15) is 30.9 Å². The molecule has 0 aromatic heterocycles. The van der Waals surface area contributed by atoms with Crippen molar-refractivity contribution >= 4 is 27.5 Å². The van der Waals surface area contributed by atoms with Gasteiger partial charge < -0.3 is 14.8 Å². The second-order valence-corrected chi connectivity index (χ2v) is 6.71. The highest BCUT2D eigenvalue weighted by molar-refractivity contribution is 9.10. The van der Waals surface area contributed by atoms with Crippen LogP contribution >= 0.6 is 15.9 Å². The van der Waals surface area contributed by atoms with Crippen LogP contribution in [0.3, 0.4) is 0 Å². The van der Waals surface area contributed by atoms with Crippen molar-refractivity contribution in [3.05, 3.63) is 52.0 Å². The third kappa shape index (κ3) is 4.74. The van der Waals surface area contributed by atoms with Crippen LogP contribution in [-0.2, 0) is 4.79 Å². The second kappa shape index (κ2) is 8.20. The minimum Gasteiger partial charge on any atom is -0.497 e. The molecule has 0 atom stereocenters. The minimum atomic E-state index is -0.199. The number of aryl methyl sites for hydroxylation is 1. The molecule has 24 heavy (non-hydrogen) atoms. The quantitative estimate of drug-likeness (QED) is 0.760. The number of methoxy groups -OCH3 is 1. The molecule has 0 unspecified atom stereocenters. The Kier molecular flexibility index (Phi) is 6.26. The summed E-state index contributed by atoms with van der Waals surface area (Å²) in [7, 11) is 1.61. The van der Waals surface area contributed by atoms with Gasteiger partial charge in [-0.05, 0) is 60.4 Å². The summed E-state index contributed by atoms with van der Waals surface area (Å²) in [5.74, 6) is 1.60. The lowest BCUT2D eigenvalue weighted by molar-refractivity contribution is -0.118. The number of hydrogen-bond acceptors (Lipinski definition) is 3. The predicted octanol–water partition coefficient (Wildman–Crippen LogP) is 4.91. The van der Waals surface area contributed by atoms with Gasteiger partial charge in [0.2, 0.25) is 0 Å². The largest absolute Gasteiger partial charge is 0.497 e. The van der Waals surface area contributed by atoms with E-state index in [0.29, 0.717) is 11.6 Å². The van der Waals surface area contributed by atoms with Gasteiger partial charge in [0.25, 0.3) is 5.91 Å². The maximum Gasteiger partial charge on any atom is 0.262 e. The van der Waals surface area contributed by atoms with Crippen LogP contribution in [0.2, 0.25) is 0 Å². The topological polar surface area (TPSA) is 47.6 Å². The summed E-state index contributed by atoms with van der Waals surface area (Å²) in [6.07, 6.45) is 0. The molecule has 0 aliphatic rings. The van der Waals surface area contributed by atoms with Crippen molar-refractivity contribution in [1.29, 1.82) is 0 Å². The number of hydrogen-bond donors (Lipinski definition) is 1. The van der Waals surface area contributed by atoms with E-state index in [-0.39, 0.29) is 12.5 Å². The molecule has 2 aromatic rings. The lowest BCUT2D eigenvalue weighted by Crippen LogP contribution is -2.20. The molecular weight excluding hydrogens is 370 g/mol. The molecule has 0 bridgehead atoms. The van der Waals surface area contributed by atoms with Crippen molar-refractivity contribution in [1.82, 2.24) is 0 Å². The highest BCUT2D eigenvalue weighted by Gasteiger charge is 2.12. The van der Waals surface area contributed by atoms with Crippen LogP contribution in [0, 0.1) is 6.92 Å². The van der Waals surface area contributed by atoms with Crippen LogP contribution in [0.25, 0.3) is 0 Å². The zero-order valence-corrected chi connectivity index (χ0v) is 15.9.